The number of piperidine rings is 1. The second-order valence-electron chi connectivity index (χ2n) is 7.20. The van der Waals surface area contributed by atoms with Crippen LogP contribution >= 0.6 is 0 Å². The van der Waals surface area contributed by atoms with E-state index in [2.05, 4.69) is 26.8 Å². The summed E-state index contributed by atoms with van der Waals surface area (Å²) in [5.74, 6) is 2.30. The molecule has 1 saturated carbocycles. The number of rotatable bonds is 5. The fourth-order valence-electron chi connectivity index (χ4n) is 3.58. The van der Waals surface area contributed by atoms with E-state index < -0.39 is 0 Å². The van der Waals surface area contributed by atoms with Crippen LogP contribution in [-0.4, -0.2) is 46.0 Å². The molecule has 1 saturated heterocycles. The van der Waals surface area contributed by atoms with Crippen molar-refractivity contribution in [1.82, 2.24) is 19.9 Å². The normalized spacial score (nSPS) is 21.3. The monoisotopic (exact) mass is 341 g/mol. The van der Waals surface area contributed by atoms with Gasteiger partial charge in [-0.15, -0.1) is 0 Å². The van der Waals surface area contributed by atoms with E-state index in [0.717, 1.165) is 49.7 Å². The smallest absolute Gasteiger partial charge is 0.141 e. The van der Waals surface area contributed by atoms with Gasteiger partial charge in [-0.2, -0.15) is 0 Å². The van der Waals surface area contributed by atoms with Gasteiger partial charge >= 0.3 is 0 Å². The number of nitrogens with zero attached hydrogens (tertiary/aromatic N) is 5. The van der Waals surface area contributed by atoms with Crippen LogP contribution in [0.3, 0.4) is 0 Å². The third-order valence-corrected chi connectivity index (χ3v) is 5.16. The minimum Gasteiger partial charge on any atom is -0.355 e. The molecule has 4 rings (SSSR count). The Balaban J connectivity index is 1.42. The predicted octanol–water partition coefficient (Wildman–Crippen LogP) is 2.99. The van der Waals surface area contributed by atoms with E-state index in [9.17, 15) is 4.39 Å². The van der Waals surface area contributed by atoms with Crippen LogP contribution in [0, 0.1) is 5.82 Å². The molecule has 2 aliphatic rings. The molecule has 132 valence electrons. The van der Waals surface area contributed by atoms with E-state index >= 15 is 0 Å². The summed E-state index contributed by atoms with van der Waals surface area (Å²) in [6.07, 6.45) is 9.60. The second kappa shape index (κ2) is 7.04. The van der Waals surface area contributed by atoms with Gasteiger partial charge in [-0.3, -0.25) is 9.88 Å². The molecule has 0 radical (unpaired) electrons. The first kappa shape index (κ1) is 16.4. The number of hydrogen-bond donors (Lipinski definition) is 0. The number of hydrogen-bond acceptors (Lipinski definition) is 5. The lowest BCUT2D eigenvalue weighted by Crippen LogP contribution is -2.46. The van der Waals surface area contributed by atoms with Crippen molar-refractivity contribution in [3.8, 4) is 0 Å². The summed E-state index contributed by atoms with van der Waals surface area (Å²) >= 11 is 0. The van der Waals surface area contributed by atoms with Crippen molar-refractivity contribution in [2.75, 3.05) is 25.0 Å². The highest BCUT2D eigenvalue weighted by molar-refractivity contribution is 5.38. The maximum Gasteiger partial charge on any atom is 0.141 e. The van der Waals surface area contributed by atoms with Crippen molar-refractivity contribution >= 4 is 5.82 Å². The van der Waals surface area contributed by atoms with Gasteiger partial charge in [0.25, 0.3) is 0 Å². The molecule has 1 aliphatic heterocycles. The van der Waals surface area contributed by atoms with Gasteiger partial charge in [-0.1, -0.05) is 0 Å². The Bertz CT molecular complexity index is 733. The third-order valence-electron chi connectivity index (χ3n) is 5.16. The van der Waals surface area contributed by atoms with Crippen LogP contribution < -0.4 is 4.90 Å². The van der Waals surface area contributed by atoms with E-state index in [0.29, 0.717) is 12.0 Å². The molecule has 2 aromatic rings. The molecule has 1 unspecified atom stereocenters. The molecule has 0 N–H and O–H groups in total. The zero-order chi connectivity index (χ0) is 17.2. The summed E-state index contributed by atoms with van der Waals surface area (Å²) < 4.78 is 13.4. The molecule has 0 bridgehead atoms. The first-order valence-electron chi connectivity index (χ1n) is 9.06. The van der Waals surface area contributed by atoms with Crippen LogP contribution in [0.2, 0.25) is 0 Å². The highest BCUT2D eigenvalue weighted by Crippen LogP contribution is 2.38. The topological polar surface area (TPSA) is 45.2 Å². The summed E-state index contributed by atoms with van der Waals surface area (Å²) in [7, 11) is 2.12. The van der Waals surface area contributed by atoms with Crippen LogP contribution in [0.1, 0.15) is 43.0 Å². The van der Waals surface area contributed by atoms with Gasteiger partial charge in [-0.25, -0.2) is 14.4 Å². The first-order chi connectivity index (χ1) is 12.2. The second-order valence-corrected chi connectivity index (χ2v) is 7.20. The molecule has 3 heterocycles. The lowest BCUT2D eigenvalue weighted by molar-refractivity contribution is 0.198. The fraction of sp³-hybridized carbons (Fsp3) is 0.526. The number of pyridine rings is 1. The molecule has 25 heavy (non-hydrogen) atoms. The summed E-state index contributed by atoms with van der Waals surface area (Å²) in [5.41, 5.74) is 0.932. The van der Waals surface area contributed by atoms with Gasteiger partial charge in [0.15, 0.2) is 0 Å². The van der Waals surface area contributed by atoms with E-state index in [-0.39, 0.29) is 5.82 Å². The van der Waals surface area contributed by atoms with Crippen LogP contribution in [0.4, 0.5) is 10.2 Å². The maximum atomic E-state index is 13.4. The van der Waals surface area contributed by atoms with Crippen molar-refractivity contribution in [3.63, 3.8) is 0 Å². The molecule has 6 heteroatoms. The molecule has 0 spiro atoms. The number of aromatic nitrogens is 3. The minimum atomic E-state index is -0.267. The van der Waals surface area contributed by atoms with E-state index in [4.69, 9.17) is 4.98 Å². The Kier molecular flexibility index (Phi) is 4.61. The third kappa shape index (κ3) is 3.95. The maximum absolute atomic E-state index is 13.4. The number of likely N-dealkylation sites (tertiary alicyclic amines) is 1. The lowest BCUT2D eigenvalue weighted by Gasteiger charge is -2.38. The minimum absolute atomic E-state index is 0.267. The summed E-state index contributed by atoms with van der Waals surface area (Å²) in [6, 6.07) is 3.99. The molecule has 1 aliphatic carbocycles. The molecule has 2 aromatic heterocycles. The standard InChI is InChI=1S/C19H24FN5/c1-24(18-6-7-22-19(23-18)15-4-5-15)17-3-2-8-25(13-17)12-14-9-16(20)11-21-10-14/h6-7,9-11,15,17H,2-5,8,12-13H2,1H3. The molecule has 2 fully saturated rings. The van der Waals surface area contributed by atoms with E-state index in [1.54, 1.807) is 12.3 Å². The molecule has 0 amide bonds. The predicted molar refractivity (Wildman–Crippen MR) is 94.9 cm³/mol. The van der Waals surface area contributed by atoms with Crippen molar-refractivity contribution in [2.24, 2.45) is 0 Å². The Morgan fingerprint density at radius 2 is 2.16 bits per heavy atom. The zero-order valence-electron chi connectivity index (χ0n) is 14.6. The molecule has 1 atom stereocenters. The average molecular weight is 341 g/mol. The fourth-order valence-corrected chi connectivity index (χ4v) is 3.58. The molecular weight excluding hydrogens is 317 g/mol. The van der Waals surface area contributed by atoms with Crippen LogP contribution in [-0.2, 0) is 6.54 Å². The Morgan fingerprint density at radius 3 is 2.96 bits per heavy atom. The van der Waals surface area contributed by atoms with Gasteiger partial charge in [0.1, 0.15) is 17.5 Å². The largest absolute Gasteiger partial charge is 0.355 e. The molecule has 0 aromatic carbocycles. The Labute approximate surface area is 147 Å². The molecule has 5 nitrogen and oxygen atoms in total. The average Bonchev–Trinajstić information content (AvgIpc) is 3.47. The van der Waals surface area contributed by atoms with Gasteiger partial charge in [-0.05, 0) is 49.9 Å². The Hall–Kier alpha value is -2.08. The van der Waals surface area contributed by atoms with Gasteiger partial charge in [0, 0.05) is 44.5 Å². The van der Waals surface area contributed by atoms with Gasteiger partial charge in [0.05, 0.1) is 6.20 Å². The van der Waals surface area contributed by atoms with Crippen molar-refractivity contribution < 1.29 is 4.39 Å². The van der Waals surface area contributed by atoms with Crippen LogP contribution in [0.5, 0.6) is 0 Å². The van der Waals surface area contributed by atoms with Crippen molar-refractivity contribution in [1.29, 1.82) is 0 Å². The summed E-state index contributed by atoms with van der Waals surface area (Å²) in [6.45, 7) is 2.74. The quantitative estimate of drug-likeness (QED) is 0.837. The lowest BCUT2D eigenvalue weighted by atomic mass is 10.0. The van der Waals surface area contributed by atoms with Crippen molar-refractivity contribution in [3.05, 3.63) is 47.9 Å². The number of anilines is 1. The highest BCUT2D eigenvalue weighted by Gasteiger charge is 2.28. The van der Waals surface area contributed by atoms with Gasteiger partial charge < -0.3 is 4.90 Å². The van der Waals surface area contributed by atoms with Crippen LogP contribution in [0.15, 0.2) is 30.7 Å². The highest BCUT2D eigenvalue weighted by atomic mass is 19.1. The molecular formula is C19H24FN5. The van der Waals surface area contributed by atoms with E-state index in [1.807, 2.05) is 12.3 Å². The SMILES string of the molecule is CN(c1ccnc(C2CC2)n1)C1CCCN(Cc2cncc(F)c2)C1. The van der Waals surface area contributed by atoms with Crippen LogP contribution in [0.25, 0.3) is 0 Å². The summed E-state index contributed by atoms with van der Waals surface area (Å²) in [5, 5.41) is 0. The Morgan fingerprint density at radius 1 is 1.28 bits per heavy atom. The van der Waals surface area contributed by atoms with Crippen molar-refractivity contribution in [2.45, 2.75) is 44.2 Å². The van der Waals surface area contributed by atoms with E-state index in [1.165, 1.54) is 19.0 Å². The van der Waals surface area contributed by atoms with Gasteiger partial charge in [0.2, 0.25) is 0 Å². The number of likely N-dealkylation sites (N-methyl/N-ethyl adjacent to an activating group) is 1. The first-order valence-corrected chi connectivity index (χ1v) is 9.06. The number of halogens is 1. The zero-order valence-corrected chi connectivity index (χ0v) is 14.6. The summed E-state index contributed by atoms with van der Waals surface area (Å²) in [4.78, 5) is 17.8.